The molecule has 0 nitrogen and oxygen atoms in total. The van der Waals surface area contributed by atoms with Crippen molar-refractivity contribution in [3.05, 3.63) is 0 Å². The maximum absolute atomic E-state index is 6.32. The summed E-state index contributed by atoms with van der Waals surface area (Å²) in [6.45, 7) is 4.34. The number of hydrogen-bond donors (Lipinski definition) is 0. The van der Waals surface area contributed by atoms with E-state index in [0.717, 1.165) is 25.1 Å². The molecule has 0 aliphatic rings. The minimum absolute atomic E-state index is 0.0374. The van der Waals surface area contributed by atoms with E-state index in [2.05, 4.69) is 13.8 Å². The lowest BCUT2D eigenvalue weighted by Gasteiger charge is -2.20. The van der Waals surface area contributed by atoms with Gasteiger partial charge in [-0.05, 0) is 26.2 Å². The van der Waals surface area contributed by atoms with Gasteiger partial charge in [0.1, 0.15) is 0 Å². The van der Waals surface area contributed by atoms with Crippen LogP contribution < -0.4 is 0 Å². The lowest BCUT2D eigenvalue weighted by molar-refractivity contribution is 0.487. The standard InChI is InChI=1S/C11H22Cl2/c1-3-8-11(2,13)9-6-4-5-7-10-12/h3-10H2,1-2H3. The highest BCUT2D eigenvalue weighted by molar-refractivity contribution is 6.23. The number of halogens is 2. The fourth-order valence-corrected chi connectivity index (χ4v) is 2.10. The molecule has 1 unspecified atom stereocenters. The van der Waals surface area contributed by atoms with Crippen LogP contribution >= 0.6 is 23.2 Å². The third-order valence-corrected chi connectivity index (χ3v) is 3.00. The summed E-state index contributed by atoms with van der Waals surface area (Å²) in [4.78, 5) is 0.0374. The smallest absolute Gasteiger partial charge is 0.0418 e. The zero-order valence-corrected chi connectivity index (χ0v) is 10.4. The Morgan fingerprint density at radius 1 is 1.00 bits per heavy atom. The molecule has 0 saturated carbocycles. The third kappa shape index (κ3) is 8.90. The minimum atomic E-state index is 0.0374. The van der Waals surface area contributed by atoms with Crippen molar-refractivity contribution in [2.45, 2.75) is 63.7 Å². The summed E-state index contributed by atoms with van der Waals surface area (Å²) in [5.74, 6) is 0.799. The molecule has 1 atom stereocenters. The van der Waals surface area contributed by atoms with E-state index in [9.17, 15) is 0 Å². The zero-order valence-electron chi connectivity index (χ0n) is 8.91. The van der Waals surface area contributed by atoms with Crippen LogP contribution in [0.2, 0.25) is 0 Å². The number of hydrogen-bond acceptors (Lipinski definition) is 0. The van der Waals surface area contributed by atoms with Crippen molar-refractivity contribution < 1.29 is 0 Å². The van der Waals surface area contributed by atoms with Crippen LogP contribution in [0, 0.1) is 0 Å². The monoisotopic (exact) mass is 224 g/mol. The van der Waals surface area contributed by atoms with Gasteiger partial charge in [0.15, 0.2) is 0 Å². The number of unbranched alkanes of at least 4 members (excludes halogenated alkanes) is 3. The first kappa shape index (κ1) is 13.6. The van der Waals surface area contributed by atoms with Gasteiger partial charge in [0.25, 0.3) is 0 Å². The molecule has 0 aromatic carbocycles. The van der Waals surface area contributed by atoms with Crippen LogP contribution in [0.5, 0.6) is 0 Å². The predicted molar refractivity (Wildman–Crippen MR) is 63.0 cm³/mol. The predicted octanol–water partition coefficient (Wildman–Crippen LogP) is 4.97. The van der Waals surface area contributed by atoms with Crippen molar-refractivity contribution in [3.63, 3.8) is 0 Å². The van der Waals surface area contributed by atoms with Crippen LogP contribution in [0.25, 0.3) is 0 Å². The van der Waals surface area contributed by atoms with Gasteiger partial charge in [-0.3, -0.25) is 0 Å². The van der Waals surface area contributed by atoms with E-state index in [1.807, 2.05) is 0 Å². The normalized spacial score (nSPS) is 15.7. The summed E-state index contributed by atoms with van der Waals surface area (Å²) in [5.41, 5.74) is 0. The van der Waals surface area contributed by atoms with Crippen molar-refractivity contribution >= 4 is 23.2 Å². The van der Waals surface area contributed by atoms with Crippen molar-refractivity contribution in [3.8, 4) is 0 Å². The molecule has 0 saturated heterocycles. The molecule has 0 rings (SSSR count). The molecule has 0 aromatic rings. The van der Waals surface area contributed by atoms with Crippen LogP contribution in [-0.2, 0) is 0 Å². The Balaban J connectivity index is 3.29. The SMILES string of the molecule is CCCC(C)(Cl)CCCCCCCl. The first-order valence-corrected chi connectivity index (χ1v) is 6.28. The van der Waals surface area contributed by atoms with Crippen LogP contribution in [0.4, 0.5) is 0 Å². The van der Waals surface area contributed by atoms with Gasteiger partial charge in [0, 0.05) is 10.8 Å². The lowest BCUT2D eigenvalue weighted by Crippen LogP contribution is -2.15. The van der Waals surface area contributed by atoms with Gasteiger partial charge in [-0.1, -0.05) is 32.6 Å². The van der Waals surface area contributed by atoms with Gasteiger partial charge in [0.05, 0.1) is 0 Å². The largest absolute Gasteiger partial charge is 0.127 e. The van der Waals surface area contributed by atoms with E-state index in [4.69, 9.17) is 23.2 Å². The summed E-state index contributed by atoms with van der Waals surface area (Å²) in [6, 6.07) is 0. The van der Waals surface area contributed by atoms with Gasteiger partial charge >= 0.3 is 0 Å². The van der Waals surface area contributed by atoms with E-state index in [1.54, 1.807) is 0 Å². The highest BCUT2D eigenvalue weighted by atomic mass is 35.5. The molecule has 0 aliphatic carbocycles. The molecule has 0 radical (unpaired) electrons. The second-order valence-electron chi connectivity index (χ2n) is 4.02. The summed E-state index contributed by atoms with van der Waals surface area (Å²) in [6.07, 6.45) is 8.38. The molecule has 0 bridgehead atoms. The van der Waals surface area contributed by atoms with Crippen LogP contribution in [-0.4, -0.2) is 10.8 Å². The first-order valence-electron chi connectivity index (χ1n) is 5.37. The average Bonchev–Trinajstić information content (AvgIpc) is 2.04. The maximum Gasteiger partial charge on any atom is 0.0418 e. The topological polar surface area (TPSA) is 0 Å². The van der Waals surface area contributed by atoms with E-state index < -0.39 is 0 Å². The van der Waals surface area contributed by atoms with E-state index in [1.165, 1.54) is 25.7 Å². The van der Waals surface area contributed by atoms with E-state index >= 15 is 0 Å². The molecule has 0 heterocycles. The minimum Gasteiger partial charge on any atom is -0.127 e. The molecule has 80 valence electrons. The highest BCUT2D eigenvalue weighted by Gasteiger charge is 2.18. The van der Waals surface area contributed by atoms with Gasteiger partial charge in [-0.25, -0.2) is 0 Å². The summed E-state index contributed by atoms with van der Waals surface area (Å²) >= 11 is 11.9. The molecule has 0 fully saturated rings. The summed E-state index contributed by atoms with van der Waals surface area (Å²) < 4.78 is 0. The maximum atomic E-state index is 6.32. The van der Waals surface area contributed by atoms with Crippen molar-refractivity contribution in [1.29, 1.82) is 0 Å². The summed E-state index contributed by atoms with van der Waals surface area (Å²) in [7, 11) is 0. The second kappa shape index (κ2) is 7.94. The van der Waals surface area contributed by atoms with E-state index in [0.29, 0.717) is 0 Å². The molecule has 13 heavy (non-hydrogen) atoms. The number of alkyl halides is 2. The molecular formula is C11H22Cl2. The summed E-state index contributed by atoms with van der Waals surface area (Å²) in [5, 5.41) is 0. The van der Waals surface area contributed by atoms with Crippen LogP contribution in [0.3, 0.4) is 0 Å². The Bertz CT molecular complexity index is 111. The fourth-order valence-electron chi connectivity index (χ4n) is 1.59. The molecule has 0 aliphatic heterocycles. The Hall–Kier alpha value is 0.580. The van der Waals surface area contributed by atoms with Gasteiger partial charge in [-0.15, -0.1) is 23.2 Å². The Morgan fingerprint density at radius 2 is 1.62 bits per heavy atom. The fraction of sp³-hybridized carbons (Fsp3) is 1.00. The first-order chi connectivity index (χ1) is 6.12. The van der Waals surface area contributed by atoms with Crippen LogP contribution in [0.1, 0.15) is 58.8 Å². The molecule has 0 aromatic heterocycles. The van der Waals surface area contributed by atoms with Crippen molar-refractivity contribution in [2.75, 3.05) is 5.88 Å². The molecule has 0 spiro atoms. The Morgan fingerprint density at radius 3 is 2.15 bits per heavy atom. The molecule has 2 heteroatoms. The second-order valence-corrected chi connectivity index (χ2v) is 5.31. The average molecular weight is 225 g/mol. The molecule has 0 amide bonds. The lowest BCUT2D eigenvalue weighted by atomic mass is 9.97. The van der Waals surface area contributed by atoms with Crippen molar-refractivity contribution in [1.82, 2.24) is 0 Å². The van der Waals surface area contributed by atoms with Crippen molar-refractivity contribution in [2.24, 2.45) is 0 Å². The van der Waals surface area contributed by atoms with Gasteiger partial charge < -0.3 is 0 Å². The zero-order chi connectivity index (χ0) is 10.2. The molecular weight excluding hydrogens is 203 g/mol. The van der Waals surface area contributed by atoms with Gasteiger partial charge in [-0.2, -0.15) is 0 Å². The van der Waals surface area contributed by atoms with Gasteiger partial charge in [0.2, 0.25) is 0 Å². The van der Waals surface area contributed by atoms with E-state index in [-0.39, 0.29) is 4.87 Å². The number of rotatable bonds is 8. The quantitative estimate of drug-likeness (QED) is 0.404. The third-order valence-electron chi connectivity index (χ3n) is 2.35. The Labute approximate surface area is 93.0 Å². The molecule has 0 N–H and O–H groups in total. The Kier molecular flexibility index (Phi) is 8.29. The van der Waals surface area contributed by atoms with Crippen LogP contribution in [0.15, 0.2) is 0 Å². The highest BCUT2D eigenvalue weighted by Crippen LogP contribution is 2.27.